The fourth-order valence-corrected chi connectivity index (χ4v) is 3.31. The Bertz CT molecular complexity index is 744. The van der Waals surface area contributed by atoms with Crippen molar-refractivity contribution in [2.75, 3.05) is 6.54 Å². The van der Waals surface area contributed by atoms with Gasteiger partial charge in [-0.25, -0.2) is 0 Å². The molecule has 1 heterocycles. The van der Waals surface area contributed by atoms with E-state index in [0.717, 1.165) is 30.6 Å². The van der Waals surface area contributed by atoms with Crippen LogP contribution < -0.4 is 10.5 Å². The number of primary amides is 1. The summed E-state index contributed by atoms with van der Waals surface area (Å²) in [7, 11) is 0. The first-order chi connectivity index (χ1) is 12.6. The lowest BCUT2D eigenvalue weighted by atomic mass is 9.98. The standard InChI is InChI=1S/C21H24N2O3/c22-20(24)14-18-8-4-5-13-23(18)21(25)17-9-11-19(12-10-17)26-15-16-6-2-1-3-7-16/h1-3,6-7,9-12,18H,4-5,8,13-15H2,(H2,22,24). The molecule has 136 valence electrons. The maximum Gasteiger partial charge on any atom is 0.254 e. The second-order valence-corrected chi connectivity index (χ2v) is 6.62. The van der Waals surface area contributed by atoms with Gasteiger partial charge in [0.05, 0.1) is 0 Å². The third-order valence-corrected chi connectivity index (χ3v) is 4.67. The molecule has 0 radical (unpaired) electrons. The third-order valence-electron chi connectivity index (χ3n) is 4.67. The second-order valence-electron chi connectivity index (χ2n) is 6.62. The molecule has 2 aromatic carbocycles. The lowest BCUT2D eigenvalue weighted by Gasteiger charge is -2.35. The van der Waals surface area contributed by atoms with Crippen LogP contribution in [0.3, 0.4) is 0 Å². The van der Waals surface area contributed by atoms with E-state index in [1.807, 2.05) is 42.5 Å². The number of benzene rings is 2. The highest BCUT2D eigenvalue weighted by molar-refractivity contribution is 5.95. The Morgan fingerprint density at radius 2 is 1.77 bits per heavy atom. The molecule has 2 amide bonds. The zero-order valence-corrected chi connectivity index (χ0v) is 14.8. The molecule has 0 bridgehead atoms. The first-order valence-electron chi connectivity index (χ1n) is 8.99. The van der Waals surface area contributed by atoms with Crippen LogP contribution in [-0.2, 0) is 11.4 Å². The number of ether oxygens (including phenoxy) is 1. The van der Waals surface area contributed by atoms with Gasteiger partial charge >= 0.3 is 0 Å². The first kappa shape index (κ1) is 18.0. The molecule has 0 aliphatic carbocycles. The molecular weight excluding hydrogens is 328 g/mol. The van der Waals surface area contributed by atoms with Gasteiger partial charge in [0.25, 0.3) is 5.91 Å². The number of carbonyl (C=O) groups excluding carboxylic acids is 2. The third kappa shape index (κ3) is 4.63. The Balaban J connectivity index is 1.63. The van der Waals surface area contributed by atoms with Gasteiger partial charge < -0.3 is 15.4 Å². The summed E-state index contributed by atoms with van der Waals surface area (Å²) in [4.78, 5) is 25.9. The molecule has 0 saturated carbocycles. The average molecular weight is 352 g/mol. The van der Waals surface area contributed by atoms with Crippen molar-refractivity contribution >= 4 is 11.8 Å². The van der Waals surface area contributed by atoms with Gasteiger partial charge in [0.15, 0.2) is 0 Å². The van der Waals surface area contributed by atoms with Crippen molar-refractivity contribution in [1.29, 1.82) is 0 Å². The van der Waals surface area contributed by atoms with E-state index >= 15 is 0 Å². The monoisotopic (exact) mass is 352 g/mol. The fourth-order valence-electron chi connectivity index (χ4n) is 3.31. The van der Waals surface area contributed by atoms with Crippen LogP contribution in [0.4, 0.5) is 0 Å². The largest absolute Gasteiger partial charge is 0.489 e. The van der Waals surface area contributed by atoms with Gasteiger partial charge in [-0.1, -0.05) is 30.3 Å². The van der Waals surface area contributed by atoms with Crippen molar-refractivity contribution in [2.24, 2.45) is 5.73 Å². The summed E-state index contributed by atoms with van der Waals surface area (Å²) >= 11 is 0. The number of amides is 2. The number of hydrogen-bond donors (Lipinski definition) is 1. The van der Waals surface area contributed by atoms with E-state index in [1.54, 1.807) is 17.0 Å². The van der Waals surface area contributed by atoms with Crippen LogP contribution in [-0.4, -0.2) is 29.3 Å². The second kappa shape index (κ2) is 8.52. The molecule has 1 unspecified atom stereocenters. The lowest BCUT2D eigenvalue weighted by Crippen LogP contribution is -2.45. The Kier molecular flexibility index (Phi) is 5.89. The van der Waals surface area contributed by atoms with Gasteiger partial charge in [0.2, 0.25) is 5.91 Å². The molecule has 26 heavy (non-hydrogen) atoms. The van der Waals surface area contributed by atoms with Crippen molar-refractivity contribution < 1.29 is 14.3 Å². The van der Waals surface area contributed by atoms with E-state index in [2.05, 4.69) is 0 Å². The molecule has 3 rings (SSSR count). The Morgan fingerprint density at radius 3 is 2.46 bits per heavy atom. The summed E-state index contributed by atoms with van der Waals surface area (Å²) in [6, 6.07) is 17.0. The number of hydrogen-bond acceptors (Lipinski definition) is 3. The minimum Gasteiger partial charge on any atom is -0.489 e. The molecule has 0 aromatic heterocycles. The summed E-state index contributed by atoms with van der Waals surface area (Å²) in [6.07, 6.45) is 3.03. The van der Waals surface area contributed by atoms with E-state index in [4.69, 9.17) is 10.5 Å². The van der Waals surface area contributed by atoms with Gasteiger partial charge in [-0.15, -0.1) is 0 Å². The summed E-state index contributed by atoms with van der Waals surface area (Å²) < 4.78 is 5.76. The molecule has 1 fully saturated rings. The fraction of sp³-hybridized carbons (Fsp3) is 0.333. The quantitative estimate of drug-likeness (QED) is 0.868. The summed E-state index contributed by atoms with van der Waals surface area (Å²) in [6.45, 7) is 1.16. The van der Waals surface area contributed by atoms with Crippen LogP contribution in [0.1, 0.15) is 41.6 Å². The molecule has 1 aliphatic heterocycles. The highest BCUT2D eigenvalue weighted by Gasteiger charge is 2.28. The summed E-state index contributed by atoms with van der Waals surface area (Å²) in [5.74, 6) is 0.308. The molecule has 2 N–H and O–H groups in total. The van der Waals surface area contributed by atoms with Gasteiger partial charge in [0, 0.05) is 24.6 Å². The maximum absolute atomic E-state index is 12.8. The van der Waals surface area contributed by atoms with Gasteiger partial charge in [0.1, 0.15) is 12.4 Å². The van der Waals surface area contributed by atoms with Crippen LogP contribution in [0.2, 0.25) is 0 Å². The van der Waals surface area contributed by atoms with Crippen LogP contribution in [0.5, 0.6) is 5.75 Å². The minimum absolute atomic E-state index is 0.0504. The lowest BCUT2D eigenvalue weighted by molar-refractivity contribution is -0.119. The van der Waals surface area contributed by atoms with Crippen molar-refractivity contribution in [3.8, 4) is 5.75 Å². The molecular formula is C21H24N2O3. The van der Waals surface area contributed by atoms with Crippen LogP contribution in [0, 0.1) is 0 Å². The smallest absolute Gasteiger partial charge is 0.254 e. The van der Waals surface area contributed by atoms with Crippen molar-refractivity contribution in [2.45, 2.75) is 38.3 Å². The molecule has 0 spiro atoms. The van der Waals surface area contributed by atoms with E-state index < -0.39 is 0 Å². The zero-order valence-electron chi connectivity index (χ0n) is 14.8. The van der Waals surface area contributed by atoms with E-state index in [0.29, 0.717) is 18.7 Å². The number of likely N-dealkylation sites (tertiary alicyclic amines) is 1. The van der Waals surface area contributed by atoms with Gasteiger partial charge in [-0.2, -0.15) is 0 Å². The predicted octanol–water partition coefficient (Wildman–Crippen LogP) is 3.14. The molecule has 5 heteroatoms. The molecule has 2 aromatic rings. The van der Waals surface area contributed by atoms with Crippen molar-refractivity contribution in [3.63, 3.8) is 0 Å². The van der Waals surface area contributed by atoms with Crippen LogP contribution in [0.25, 0.3) is 0 Å². The first-order valence-corrected chi connectivity index (χ1v) is 8.99. The van der Waals surface area contributed by atoms with E-state index in [-0.39, 0.29) is 24.3 Å². The maximum atomic E-state index is 12.8. The summed E-state index contributed by atoms with van der Waals surface area (Å²) in [5, 5.41) is 0. The average Bonchev–Trinajstić information content (AvgIpc) is 2.67. The molecule has 1 saturated heterocycles. The number of piperidine rings is 1. The summed E-state index contributed by atoms with van der Waals surface area (Å²) in [5.41, 5.74) is 7.03. The molecule has 1 aliphatic rings. The topological polar surface area (TPSA) is 72.6 Å². The Morgan fingerprint density at radius 1 is 1.04 bits per heavy atom. The minimum atomic E-state index is -0.362. The highest BCUT2D eigenvalue weighted by atomic mass is 16.5. The van der Waals surface area contributed by atoms with Gasteiger partial charge in [-0.3, -0.25) is 9.59 Å². The Hall–Kier alpha value is -2.82. The SMILES string of the molecule is NC(=O)CC1CCCCN1C(=O)c1ccc(OCc2ccccc2)cc1. The predicted molar refractivity (Wildman–Crippen MR) is 99.7 cm³/mol. The van der Waals surface area contributed by atoms with Crippen LogP contribution in [0.15, 0.2) is 54.6 Å². The zero-order chi connectivity index (χ0) is 18.4. The van der Waals surface area contributed by atoms with Gasteiger partial charge in [-0.05, 0) is 49.1 Å². The Labute approximate surface area is 153 Å². The molecule has 1 atom stereocenters. The molecule has 5 nitrogen and oxygen atoms in total. The van der Waals surface area contributed by atoms with E-state index in [9.17, 15) is 9.59 Å². The number of carbonyl (C=O) groups is 2. The number of rotatable bonds is 6. The number of nitrogens with zero attached hydrogens (tertiary/aromatic N) is 1. The van der Waals surface area contributed by atoms with Crippen LogP contribution >= 0.6 is 0 Å². The normalized spacial score (nSPS) is 16.9. The van der Waals surface area contributed by atoms with Crippen molar-refractivity contribution in [3.05, 3.63) is 65.7 Å². The number of nitrogens with two attached hydrogens (primary N) is 1. The van der Waals surface area contributed by atoms with E-state index in [1.165, 1.54) is 0 Å². The van der Waals surface area contributed by atoms with Crippen molar-refractivity contribution in [1.82, 2.24) is 4.90 Å². The highest BCUT2D eigenvalue weighted by Crippen LogP contribution is 2.23.